The van der Waals surface area contributed by atoms with Gasteiger partial charge in [-0.15, -0.1) is 15.3 Å². The van der Waals surface area contributed by atoms with Crippen LogP contribution < -0.4 is 14.8 Å². The first-order valence-corrected chi connectivity index (χ1v) is 7.80. The summed E-state index contributed by atoms with van der Waals surface area (Å²) in [7, 11) is 0.965. The molecule has 0 radical (unpaired) electrons. The van der Waals surface area contributed by atoms with E-state index in [-0.39, 0.29) is 12.4 Å². The lowest BCUT2D eigenvalue weighted by Gasteiger charge is -2.10. The number of aromatic nitrogens is 4. The van der Waals surface area contributed by atoms with Gasteiger partial charge in [-0.3, -0.25) is 4.79 Å². The number of benzene rings is 1. The van der Waals surface area contributed by atoms with Gasteiger partial charge in [-0.25, -0.2) is 8.78 Å². The molecule has 0 bridgehead atoms. The Hall–Kier alpha value is -3.37. The standard InChI is InChI=1S/C16H14F3N5O3/c1-3-27-12-5-4-10-21-22-11(24(10)23-12)7-20-16(25)8-6-9(17)14(19)15(26-2)13(8)18/h4-6H,3,7H2,1-2H3,(H,20,25). The zero-order valence-electron chi connectivity index (χ0n) is 14.3. The van der Waals surface area contributed by atoms with E-state index >= 15 is 0 Å². The number of nitrogens with zero attached hydrogens (tertiary/aromatic N) is 4. The van der Waals surface area contributed by atoms with Crippen LogP contribution in [0, 0.1) is 17.5 Å². The molecule has 2 heterocycles. The molecule has 0 saturated carbocycles. The first kappa shape index (κ1) is 18.4. The van der Waals surface area contributed by atoms with Gasteiger partial charge in [-0.1, -0.05) is 0 Å². The number of hydrogen-bond acceptors (Lipinski definition) is 6. The summed E-state index contributed by atoms with van der Waals surface area (Å²) in [6, 6.07) is 3.69. The van der Waals surface area contributed by atoms with Crippen LogP contribution in [0.2, 0.25) is 0 Å². The number of rotatable bonds is 6. The van der Waals surface area contributed by atoms with Gasteiger partial charge < -0.3 is 14.8 Å². The molecule has 1 aromatic carbocycles. The Morgan fingerprint density at radius 1 is 1.22 bits per heavy atom. The summed E-state index contributed by atoms with van der Waals surface area (Å²) in [5.41, 5.74) is -0.300. The largest absolute Gasteiger partial charge is 0.491 e. The maximum atomic E-state index is 14.2. The van der Waals surface area contributed by atoms with Gasteiger partial charge in [0, 0.05) is 6.07 Å². The number of fused-ring (bicyclic) bond motifs is 1. The minimum atomic E-state index is -1.51. The maximum Gasteiger partial charge on any atom is 0.254 e. The molecule has 0 aliphatic carbocycles. The van der Waals surface area contributed by atoms with Crippen molar-refractivity contribution in [1.29, 1.82) is 0 Å². The molecule has 0 unspecified atom stereocenters. The first-order valence-electron chi connectivity index (χ1n) is 7.80. The highest BCUT2D eigenvalue weighted by atomic mass is 19.2. The number of halogens is 3. The third kappa shape index (κ3) is 3.48. The van der Waals surface area contributed by atoms with E-state index in [1.54, 1.807) is 19.1 Å². The Balaban J connectivity index is 1.83. The molecule has 3 rings (SSSR count). The van der Waals surface area contributed by atoms with Crippen LogP contribution in [-0.4, -0.2) is 39.4 Å². The lowest BCUT2D eigenvalue weighted by Crippen LogP contribution is -2.26. The number of methoxy groups -OCH3 is 1. The van der Waals surface area contributed by atoms with Crippen molar-refractivity contribution in [3.05, 3.63) is 47.0 Å². The van der Waals surface area contributed by atoms with Crippen molar-refractivity contribution >= 4 is 11.6 Å². The maximum absolute atomic E-state index is 14.2. The molecule has 3 aromatic rings. The summed E-state index contributed by atoms with van der Waals surface area (Å²) in [4.78, 5) is 12.2. The van der Waals surface area contributed by atoms with Crippen LogP contribution in [0.15, 0.2) is 18.2 Å². The lowest BCUT2D eigenvalue weighted by molar-refractivity contribution is 0.0944. The van der Waals surface area contributed by atoms with Gasteiger partial charge in [-0.2, -0.15) is 8.91 Å². The number of nitrogens with one attached hydrogen (secondary N) is 1. The number of hydrogen-bond donors (Lipinski definition) is 1. The summed E-state index contributed by atoms with van der Waals surface area (Å²) in [6.45, 7) is 2.01. The van der Waals surface area contributed by atoms with Crippen LogP contribution in [0.25, 0.3) is 5.65 Å². The summed E-state index contributed by atoms with van der Waals surface area (Å²) in [6.07, 6.45) is 0. The first-order chi connectivity index (χ1) is 13.0. The van der Waals surface area contributed by atoms with Crippen LogP contribution in [0.4, 0.5) is 13.2 Å². The van der Waals surface area contributed by atoms with Crippen LogP contribution in [0.5, 0.6) is 11.6 Å². The highest BCUT2D eigenvalue weighted by Gasteiger charge is 2.24. The molecule has 0 saturated heterocycles. The Bertz CT molecular complexity index is 1010. The fraction of sp³-hybridized carbons (Fsp3) is 0.250. The molecular weight excluding hydrogens is 367 g/mol. The fourth-order valence-corrected chi connectivity index (χ4v) is 2.33. The van der Waals surface area contributed by atoms with E-state index in [0.717, 1.165) is 7.11 Å². The Kier molecular flexibility index (Phi) is 5.10. The van der Waals surface area contributed by atoms with Crippen molar-refractivity contribution in [2.75, 3.05) is 13.7 Å². The predicted octanol–water partition coefficient (Wildman–Crippen LogP) is 1.88. The zero-order chi connectivity index (χ0) is 19.6. The summed E-state index contributed by atoms with van der Waals surface area (Å²) >= 11 is 0. The molecule has 0 atom stereocenters. The summed E-state index contributed by atoms with van der Waals surface area (Å²) in [5.74, 6) is -5.63. The Morgan fingerprint density at radius 3 is 2.70 bits per heavy atom. The van der Waals surface area contributed by atoms with Gasteiger partial charge in [0.15, 0.2) is 28.9 Å². The highest BCUT2D eigenvalue weighted by Crippen LogP contribution is 2.26. The van der Waals surface area contributed by atoms with Crippen LogP contribution in [-0.2, 0) is 6.54 Å². The second-order valence-corrected chi connectivity index (χ2v) is 5.24. The van der Waals surface area contributed by atoms with Crippen LogP contribution >= 0.6 is 0 Å². The van der Waals surface area contributed by atoms with E-state index < -0.39 is 34.7 Å². The predicted molar refractivity (Wildman–Crippen MR) is 86.0 cm³/mol. The SMILES string of the molecule is CCOc1ccc2nnc(CNC(=O)c3cc(F)c(F)c(OC)c3F)n2n1. The van der Waals surface area contributed by atoms with Gasteiger partial charge in [0.05, 0.1) is 25.8 Å². The molecule has 8 nitrogen and oxygen atoms in total. The zero-order valence-corrected chi connectivity index (χ0v) is 14.3. The average molecular weight is 381 g/mol. The van der Waals surface area contributed by atoms with Gasteiger partial charge in [0.1, 0.15) is 0 Å². The minimum absolute atomic E-state index is 0.191. The van der Waals surface area contributed by atoms with E-state index in [0.29, 0.717) is 24.2 Å². The molecule has 1 N–H and O–H groups in total. The van der Waals surface area contributed by atoms with Crippen LogP contribution in [0.1, 0.15) is 23.1 Å². The molecular formula is C16H14F3N5O3. The summed E-state index contributed by atoms with van der Waals surface area (Å²) < 4.78 is 52.3. The Labute approximate surface area is 150 Å². The van der Waals surface area contributed by atoms with Gasteiger partial charge >= 0.3 is 0 Å². The van der Waals surface area contributed by atoms with Crippen molar-refractivity contribution in [3.63, 3.8) is 0 Å². The van der Waals surface area contributed by atoms with E-state index in [9.17, 15) is 18.0 Å². The van der Waals surface area contributed by atoms with Crippen molar-refractivity contribution < 1.29 is 27.4 Å². The third-order valence-corrected chi connectivity index (χ3v) is 3.57. The highest BCUT2D eigenvalue weighted by molar-refractivity contribution is 5.94. The topological polar surface area (TPSA) is 90.6 Å². The van der Waals surface area contributed by atoms with Crippen molar-refractivity contribution in [3.8, 4) is 11.6 Å². The van der Waals surface area contributed by atoms with Crippen molar-refractivity contribution in [1.82, 2.24) is 25.1 Å². The summed E-state index contributed by atoms with van der Waals surface area (Å²) in [5, 5.41) is 14.3. The van der Waals surface area contributed by atoms with E-state index in [1.807, 2.05) is 0 Å². The molecule has 0 aliphatic rings. The normalized spacial score (nSPS) is 10.9. The number of ether oxygens (including phenoxy) is 2. The third-order valence-electron chi connectivity index (χ3n) is 3.57. The van der Waals surface area contributed by atoms with Crippen molar-refractivity contribution in [2.45, 2.75) is 13.5 Å². The molecule has 0 aliphatic heterocycles. The number of amides is 1. The number of carbonyl (C=O) groups is 1. The molecule has 1 amide bonds. The van der Waals surface area contributed by atoms with Gasteiger partial charge in [0.2, 0.25) is 11.7 Å². The number of carbonyl (C=O) groups excluding carboxylic acids is 1. The van der Waals surface area contributed by atoms with E-state index in [1.165, 1.54) is 4.52 Å². The molecule has 11 heteroatoms. The molecule has 0 spiro atoms. The quantitative estimate of drug-likeness (QED) is 0.656. The van der Waals surface area contributed by atoms with E-state index in [4.69, 9.17) is 4.74 Å². The minimum Gasteiger partial charge on any atom is -0.491 e. The van der Waals surface area contributed by atoms with Crippen molar-refractivity contribution in [2.24, 2.45) is 0 Å². The smallest absolute Gasteiger partial charge is 0.254 e. The van der Waals surface area contributed by atoms with E-state index in [2.05, 4.69) is 25.3 Å². The van der Waals surface area contributed by atoms with Gasteiger partial charge in [-0.05, 0) is 19.1 Å². The second kappa shape index (κ2) is 7.48. The Morgan fingerprint density at radius 2 is 2.00 bits per heavy atom. The fourth-order valence-electron chi connectivity index (χ4n) is 2.33. The lowest BCUT2D eigenvalue weighted by atomic mass is 10.1. The second-order valence-electron chi connectivity index (χ2n) is 5.24. The molecule has 142 valence electrons. The average Bonchev–Trinajstić information content (AvgIpc) is 3.06. The molecule has 27 heavy (non-hydrogen) atoms. The van der Waals surface area contributed by atoms with Crippen LogP contribution in [0.3, 0.4) is 0 Å². The molecule has 0 fully saturated rings. The monoisotopic (exact) mass is 381 g/mol. The van der Waals surface area contributed by atoms with Gasteiger partial charge in [0.25, 0.3) is 5.91 Å². The molecule has 2 aromatic heterocycles.